The minimum Gasteiger partial charge on any atom is -0.353 e. The molecule has 0 unspecified atom stereocenters. The van der Waals surface area contributed by atoms with Crippen molar-refractivity contribution in [3.63, 3.8) is 0 Å². The number of piperidine rings is 1. The fourth-order valence-corrected chi connectivity index (χ4v) is 1.93. The van der Waals surface area contributed by atoms with Crippen LogP contribution in [0.15, 0.2) is 0 Å². The third-order valence-electron chi connectivity index (χ3n) is 2.28. The molecule has 0 spiro atoms. The summed E-state index contributed by atoms with van der Waals surface area (Å²) in [5, 5.41) is 3.05. The summed E-state index contributed by atoms with van der Waals surface area (Å²) in [6, 6.07) is 0.396. The van der Waals surface area contributed by atoms with Crippen molar-refractivity contribution in [1.82, 2.24) is 9.24 Å². The Labute approximate surface area is 88.2 Å². The first-order valence-corrected chi connectivity index (χ1v) is 5.63. The number of hydrogen-bond acceptors (Lipinski definition) is 2. The molecule has 1 heterocycles. The van der Waals surface area contributed by atoms with Gasteiger partial charge in [0, 0.05) is 41.7 Å². The molecule has 76 valence electrons. The lowest BCUT2D eigenvalue weighted by atomic mass is 10.1. The van der Waals surface area contributed by atoms with Crippen molar-refractivity contribution in [2.45, 2.75) is 38.6 Å². The number of nitrogens with one attached hydrogen (secondary N) is 1. The standard InChI is InChI=1S/C9H17BrN2O/c1-2-3-9(13)11-8-4-6-12(10)7-5-8/h8H,2-7H2,1H3,(H,11,13). The second-order valence-electron chi connectivity index (χ2n) is 3.50. The van der Waals surface area contributed by atoms with Crippen LogP contribution in [0.2, 0.25) is 0 Å². The van der Waals surface area contributed by atoms with Crippen molar-refractivity contribution in [1.29, 1.82) is 0 Å². The third kappa shape index (κ3) is 4.09. The topological polar surface area (TPSA) is 32.3 Å². The summed E-state index contributed by atoms with van der Waals surface area (Å²) >= 11 is 3.43. The van der Waals surface area contributed by atoms with Gasteiger partial charge >= 0.3 is 0 Å². The largest absolute Gasteiger partial charge is 0.353 e. The number of carbonyl (C=O) groups is 1. The van der Waals surface area contributed by atoms with Crippen molar-refractivity contribution < 1.29 is 4.79 Å². The number of halogens is 1. The van der Waals surface area contributed by atoms with Crippen LogP contribution in [-0.4, -0.2) is 29.0 Å². The summed E-state index contributed by atoms with van der Waals surface area (Å²) in [4.78, 5) is 11.3. The van der Waals surface area contributed by atoms with Gasteiger partial charge in [-0.15, -0.1) is 0 Å². The molecule has 3 nitrogen and oxygen atoms in total. The van der Waals surface area contributed by atoms with Crippen molar-refractivity contribution in [3.05, 3.63) is 0 Å². The van der Waals surface area contributed by atoms with Crippen LogP contribution < -0.4 is 5.32 Å². The van der Waals surface area contributed by atoms with Gasteiger partial charge in [-0.05, 0) is 19.3 Å². The van der Waals surface area contributed by atoms with Gasteiger partial charge in [-0.2, -0.15) is 0 Å². The molecule has 0 aromatic carbocycles. The first-order chi connectivity index (χ1) is 6.22. The molecule has 1 aliphatic heterocycles. The molecule has 0 bridgehead atoms. The molecule has 1 amide bonds. The average molecular weight is 249 g/mol. The van der Waals surface area contributed by atoms with E-state index in [1.165, 1.54) is 0 Å². The zero-order valence-electron chi connectivity index (χ0n) is 8.05. The highest BCUT2D eigenvalue weighted by Gasteiger charge is 2.18. The Morgan fingerprint density at radius 2 is 2.15 bits per heavy atom. The van der Waals surface area contributed by atoms with Gasteiger partial charge < -0.3 is 5.32 Å². The predicted molar refractivity (Wildman–Crippen MR) is 56.6 cm³/mol. The van der Waals surface area contributed by atoms with Gasteiger partial charge in [0.15, 0.2) is 0 Å². The number of amides is 1. The SMILES string of the molecule is CCCC(=O)NC1CCN(Br)CC1. The van der Waals surface area contributed by atoms with Crippen LogP contribution in [0.5, 0.6) is 0 Å². The highest BCUT2D eigenvalue weighted by atomic mass is 79.9. The summed E-state index contributed by atoms with van der Waals surface area (Å²) in [6.45, 7) is 4.08. The molecule has 0 saturated carbocycles. The molecule has 0 atom stereocenters. The molecular weight excluding hydrogens is 232 g/mol. The van der Waals surface area contributed by atoms with Crippen LogP contribution in [0.4, 0.5) is 0 Å². The number of hydrogen-bond donors (Lipinski definition) is 1. The normalized spacial score (nSPS) is 20.2. The summed E-state index contributed by atoms with van der Waals surface area (Å²) in [7, 11) is 0. The zero-order chi connectivity index (χ0) is 9.68. The van der Waals surface area contributed by atoms with Crippen molar-refractivity contribution in [2.24, 2.45) is 0 Å². The molecule has 0 aromatic rings. The maximum atomic E-state index is 11.3. The molecular formula is C9H17BrN2O. The first-order valence-electron chi connectivity index (χ1n) is 4.92. The van der Waals surface area contributed by atoms with E-state index in [0.29, 0.717) is 12.5 Å². The quantitative estimate of drug-likeness (QED) is 0.772. The Morgan fingerprint density at radius 1 is 1.54 bits per heavy atom. The molecule has 1 N–H and O–H groups in total. The molecule has 1 saturated heterocycles. The minimum absolute atomic E-state index is 0.204. The lowest BCUT2D eigenvalue weighted by molar-refractivity contribution is -0.122. The summed E-state index contributed by atoms with van der Waals surface area (Å²) < 4.78 is 2.12. The summed E-state index contributed by atoms with van der Waals surface area (Å²) in [6.07, 6.45) is 3.71. The molecule has 0 aromatic heterocycles. The van der Waals surface area contributed by atoms with Crippen molar-refractivity contribution in [3.8, 4) is 0 Å². The first kappa shape index (κ1) is 11.0. The van der Waals surface area contributed by atoms with Gasteiger partial charge in [-0.1, -0.05) is 6.92 Å². The highest BCUT2D eigenvalue weighted by Crippen LogP contribution is 2.13. The lowest BCUT2D eigenvalue weighted by Crippen LogP contribution is -2.41. The number of rotatable bonds is 3. The van der Waals surface area contributed by atoms with Gasteiger partial charge in [0.05, 0.1) is 0 Å². The van der Waals surface area contributed by atoms with E-state index in [2.05, 4.69) is 25.4 Å². The molecule has 1 rings (SSSR count). The van der Waals surface area contributed by atoms with E-state index in [1.54, 1.807) is 0 Å². The molecule has 4 heteroatoms. The van der Waals surface area contributed by atoms with E-state index < -0.39 is 0 Å². The second kappa shape index (κ2) is 5.60. The Kier molecular flexibility index (Phi) is 4.73. The van der Waals surface area contributed by atoms with E-state index in [1.807, 2.05) is 6.92 Å². The van der Waals surface area contributed by atoms with Gasteiger partial charge in [-0.3, -0.25) is 4.79 Å². The number of nitrogens with zero attached hydrogens (tertiary/aromatic N) is 1. The van der Waals surface area contributed by atoms with Crippen LogP contribution in [0.25, 0.3) is 0 Å². The van der Waals surface area contributed by atoms with Crippen LogP contribution in [0.3, 0.4) is 0 Å². The second-order valence-corrected chi connectivity index (χ2v) is 4.50. The zero-order valence-corrected chi connectivity index (χ0v) is 9.64. The predicted octanol–water partition coefficient (Wildman–Crippen LogP) is 1.68. The summed E-state index contributed by atoms with van der Waals surface area (Å²) in [5.74, 6) is 0.204. The van der Waals surface area contributed by atoms with E-state index in [-0.39, 0.29) is 5.91 Å². The average Bonchev–Trinajstić information content (AvgIpc) is 2.09. The molecule has 0 aliphatic carbocycles. The number of carbonyl (C=O) groups excluding carboxylic acids is 1. The van der Waals surface area contributed by atoms with Crippen molar-refractivity contribution >= 4 is 22.1 Å². The maximum absolute atomic E-state index is 11.3. The van der Waals surface area contributed by atoms with E-state index in [9.17, 15) is 4.79 Å². The summed E-state index contributed by atoms with van der Waals surface area (Å²) in [5.41, 5.74) is 0. The van der Waals surface area contributed by atoms with Gasteiger partial charge in [-0.25, -0.2) is 3.93 Å². The fourth-order valence-electron chi connectivity index (χ4n) is 1.52. The molecule has 1 fully saturated rings. The lowest BCUT2D eigenvalue weighted by Gasteiger charge is -2.27. The maximum Gasteiger partial charge on any atom is 0.220 e. The van der Waals surface area contributed by atoms with Crippen LogP contribution in [0, 0.1) is 0 Å². The Bertz CT molecular complexity index is 167. The smallest absolute Gasteiger partial charge is 0.220 e. The van der Waals surface area contributed by atoms with E-state index in [4.69, 9.17) is 0 Å². The third-order valence-corrected chi connectivity index (χ3v) is 2.99. The van der Waals surface area contributed by atoms with Gasteiger partial charge in [0.25, 0.3) is 0 Å². The van der Waals surface area contributed by atoms with Crippen LogP contribution in [0.1, 0.15) is 32.6 Å². The Hall–Kier alpha value is -0.0900. The van der Waals surface area contributed by atoms with Gasteiger partial charge in [0.2, 0.25) is 5.91 Å². The Morgan fingerprint density at radius 3 is 2.69 bits per heavy atom. The molecule has 1 aliphatic rings. The molecule has 0 radical (unpaired) electrons. The van der Waals surface area contributed by atoms with Crippen molar-refractivity contribution in [2.75, 3.05) is 13.1 Å². The van der Waals surface area contributed by atoms with Gasteiger partial charge in [0.1, 0.15) is 0 Å². The van der Waals surface area contributed by atoms with E-state index >= 15 is 0 Å². The molecule has 13 heavy (non-hydrogen) atoms. The van der Waals surface area contributed by atoms with E-state index in [0.717, 1.165) is 32.4 Å². The minimum atomic E-state index is 0.204. The highest BCUT2D eigenvalue weighted by molar-refractivity contribution is 9.07. The monoisotopic (exact) mass is 248 g/mol. The fraction of sp³-hybridized carbons (Fsp3) is 0.889. The van der Waals surface area contributed by atoms with Crippen LogP contribution in [-0.2, 0) is 4.79 Å². The Balaban J connectivity index is 2.18. The van der Waals surface area contributed by atoms with Crippen LogP contribution >= 0.6 is 16.1 Å².